The second-order valence-electron chi connectivity index (χ2n) is 21.0. The van der Waals surface area contributed by atoms with Gasteiger partial charge in [0.25, 0.3) is 0 Å². The van der Waals surface area contributed by atoms with E-state index in [1.54, 1.807) is 13.8 Å². The fourth-order valence-corrected chi connectivity index (χ4v) is 10.1. The number of rotatable bonds is 33. The van der Waals surface area contributed by atoms with E-state index in [1.807, 2.05) is 27.7 Å². The van der Waals surface area contributed by atoms with E-state index in [9.17, 15) is 44.7 Å². The molecule has 16 atom stereocenters. The third kappa shape index (κ3) is 21.0. The molecule has 16 nitrogen and oxygen atoms in total. The highest BCUT2D eigenvalue weighted by atomic mass is 16.6. The molecule has 0 aromatic rings. The minimum absolute atomic E-state index is 0.00188. The number of carboxylic acids is 1. The van der Waals surface area contributed by atoms with Crippen LogP contribution in [0.1, 0.15) is 170 Å². The van der Waals surface area contributed by atoms with Crippen LogP contribution in [0.5, 0.6) is 0 Å². The van der Waals surface area contributed by atoms with Gasteiger partial charge < -0.3 is 59.1 Å². The third-order valence-electron chi connectivity index (χ3n) is 15.0. The van der Waals surface area contributed by atoms with Gasteiger partial charge in [-0.05, 0) is 104 Å². The number of esters is 3. The SMILES string of the molecule is C/C(=C\C(=O)OCCCCCCCCC(=O)O[C@@H](C)[C@H](C)[C@@H]1O[C@H]1C[C@H]1CO[C@@H](C/C(C)=C/C(=O)OCCCCCCCCC(=O)O)[C@H](O)[C@@H]1O)C[C@@H]1CC[C@H](C[C@@H]2O[C@H]2[C@@H](C)[C@H](C)O)[C@@H](O)[C@H]1O. The zero-order chi connectivity index (χ0) is 50.6. The van der Waals surface area contributed by atoms with Gasteiger partial charge in [0, 0.05) is 42.7 Å². The van der Waals surface area contributed by atoms with Gasteiger partial charge in [0.2, 0.25) is 0 Å². The minimum atomic E-state index is -1.13. The first-order chi connectivity index (χ1) is 32.9. The van der Waals surface area contributed by atoms with Crippen LogP contribution in [0.15, 0.2) is 23.3 Å². The Balaban J connectivity index is 0.981. The Morgan fingerprint density at radius 1 is 0.580 bits per heavy atom. The Bertz CT molecular complexity index is 1630. The molecule has 0 spiro atoms. The molecule has 4 rings (SSSR count). The largest absolute Gasteiger partial charge is 0.481 e. The molecule has 3 heterocycles. The average Bonchev–Trinajstić information content (AvgIpc) is 4.23. The Morgan fingerprint density at radius 2 is 1.04 bits per heavy atom. The average molecular weight is 981 g/mol. The number of carbonyl (C=O) groups excluding carboxylic acids is 3. The molecule has 69 heavy (non-hydrogen) atoms. The third-order valence-corrected chi connectivity index (χ3v) is 15.0. The number of carboxylic acid groups (broad SMARTS) is 1. The fourth-order valence-electron chi connectivity index (χ4n) is 10.1. The van der Waals surface area contributed by atoms with Crippen molar-refractivity contribution in [3.63, 3.8) is 0 Å². The lowest BCUT2D eigenvalue weighted by Gasteiger charge is -2.38. The van der Waals surface area contributed by atoms with E-state index in [0.717, 1.165) is 89.0 Å². The van der Waals surface area contributed by atoms with Crippen molar-refractivity contribution in [1.29, 1.82) is 0 Å². The summed E-state index contributed by atoms with van der Waals surface area (Å²) in [5, 5.41) is 62.1. The van der Waals surface area contributed by atoms with Crippen molar-refractivity contribution in [3.05, 3.63) is 23.3 Å². The molecule has 0 amide bonds. The molecule has 1 aliphatic carbocycles. The van der Waals surface area contributed by atoms with Crippen molar-refractivity contribution >= 4 is 23.9 Å². The first-order valence-electron chi connectivity index (χ1n) is 26.3. The lowest BCUT2D eigenvalue weighted by Crippen LogP contribution is -2.50. The summed E-state index contributed by atoms with van der Waals surface area (Å²) in [6.45, 7) is 12.0. The van der Waals surface area contributed by atoms with Gasteiger partial charge >= 0.3 is 23.9 Å². The molecule has 0 aromatic heterocycles. The maximum absolute atomic E-state index is 12.6. The van der Waals surface area contributed by atoms with Gasteiger partial charge in [-0.25, -0.2) is 9.59 Å². The summed E-state index contributed by atoms with van der Waals surface area (Å²) < 4.78 is 34.1. The lowest BCUT2D eigenvalue weighted by atomic mass is 9.73. The molecule has 6 N–H and O–H groups in total. The molecule has 0 aromatic carbocycles. The van der Waals surface area contributed by atoms with Gasteiger partial charge in [-0.15, -0.1) is 0 Å². The quantitative estimate of drug-likeness (QED) is 0.0132. The molecule has 396 valence electrons. The standard InChI is InChI=1S/C53H88O16/c1-32(25-38-21-22-39(49(61)48(38)60)29-42-52(68-42)34(3)36(5)54)27-46(58)64-23-18-14-10-8-12-16-20-45(57)67-37(6)35(4)53-43(69-53)30-40-31-66-41(51(63)50(40)62)26-33(2)28-47(59)65-24-17-13-9-7-11-15-19-44(55)56/h27-28,34-43,48-54,60-63H,7-26,29-31H2,1-6H3,(H,55,56)/b32-27+,33-28+/t34-,35-,36-,37-,38-,39+,40-,41-,42-,43-,48-,49+,50+,51-,52-,53-/m0/s1. The molecule has 4 aliphatic rings. The maximum Gasteiger partial charge on any atom is 0.330 e. The summed E-state index contributed by atoms with van der Waals surface area (Å²) >= 11 is 0. The minimum Gasteiger partial charge on any atom is -0.481 e. The van der Waals surface area contributed by atoms with Crippen LogP contribution in [-0.2, 0) is 47.6 Å². The van der Waals surface area contributed by atoms with Crippen molar-refractivity contribution < 1.29 is 78.2 Å². The highest BCUT2D eigenvalue weighted by Gasteiger charge is 2.50. The number of ether oxygens (including phenoxy) is 6. The van der Waals surface area contributed by atoms with E-state index < -0.39 is 54.5 Å². The number of aliphatic hydroxyl groups excluding tert-OH is 5. The van der Waals surface area contributed by atoms with Crippen molar-refractivity contribution in [3.8, 4) is 0 Å². The highest BCUT2D eigenvalue weighted by Crippen LogP contribution is 2.42. The van der Waals surface area contributed by atoms with Crippen LogP contribution in [0, 0.1) is 29.6 Å². The molecule has 0 radical (unpaired) electrons. The van der Waals surface area contributed by atoms with Crippen molar-refractivity contribution in [2.24, 2.45) is 29.6 Å². The van der Waals surface area contributed by atoms with Gasteiger partial charge in [0.15, 0.2) is 0 Å². The zero-order valence-corrected chi connectivity index (χ0v) is 42.4. The number of aliphatic hydroxyl groups is 5. The number of epoxide rings is 2. The topological polar surface area (TPSA) is 252 Å². The molecule has 0 unspecified atom stereocenters. The summed E-state index contributed by atoms with van der Waals surface area (Å²) in [6.07, 6.45) is 11.5. The van der Waals surface area contributed by atoms with Crippen LogP contribution >= 0.6 is 0 Å². The first-order valence-corrected chi connectivity index (χ1v) is 26.3. The van der Waals surface area contributed by atoms with Crippen molar-refractivity contribution in [2.45, 2.75) is 237 Å². The number of allylic oxidation sites excluding steroid dienone is 1. The molecule has 4 fully saturated rings. The Morgan fingerprint density at radius 3 is 1.61 bits per heavy atom. The molecule has 16 heteroatoms. The van der Waals surface area contributed by atoms with Crippen LogP contribution in [0.4, 0.5) is 0 Å². The van der Waals surface area contributed by atoms with E-state index in [-0.39, 0.29) is 85.5 Å². The summed E-state index contributed by atoms with van der Waals surface area (Å²) in [5.74, 6) is -2.44. The normalized spacial score (nSPS) is 31.0. The molecular weight excluding hydrogens is 893 g/mol. The van der Waals surface area contributed by atoms with Gasteiger partial charge in [-0.3, -0.25) is 9.59 Å². The van der Waals surface area contributed by atoms with Gasteiger partial charge in [-0.1, -0.05) is 76.4 Å². The predicted octanol–water partition coefficient (Wildman–Crippen LogP) is 6.68. The van der Waals surface area contributed by atoms with Crippen molar-refractivity contribution in [1.82, 2.24) is 0 Å². The number of aliphatic carboxylic acids is 1. The second kappa shape index (κ2) is 30.2. The number of hydrogen-bond donors (Lipinski definition) is 6. The number of unbranched alkanes of at least 4 members (excludes halogenated alkanes) is 10. The molecule has 1 saturated carbocycles. The lowest BCUT2D eigenvalue weighted by molar-refractivity contribution is -0.165. The van der Waals surface area contributed by atoms with E-state index >= 15 is 0 Å². The Labute approximate surface area is 410 Å². The van der Waals surface area contributed by atoms with Gasteiger partial charge in [-0.2, -0.15) is 0 Å². The van der Waals surface area contributed by atoms with E-state index in [0.29, 0.717) is 50.9 Å². The zero-order valence-electron chi connectivity index (χ0n) is 42.4. The van der Waals surface area contributed by atoms with Crippen LogP contribution in [0.25, 0.3) is 0 Å². The summed E-state index contributed by atoms with van der Waals surface area (Å²) in [7, 11) is 0. The molecular formula is C53H88O16. The van der Waals surface area contributed by atoms with E-state index in [1.165, 1.54) is 12.2 Å². The molecule has 3 aliphatic heterocycles. The second-order valence-corrected chi connectivity index (χ2v) is 21.0. The fraction of sp³-hybridized carbons (Fsp3) is 0.849. The monoisotopic (exact) mass is 981 g/mol. The summed E-state index contributed by atoms with van der Waals surface area (Å²) in [4.78, 5) is 48.0. The molecule has 3 saturated heterocycles. The van der Waals surface area contributed by atoms with Crippen LogP contribution in [0.3, 0.4) is 0 Å². The summed E-state index contributed by atoms with van der Waals surface area (Å²) in [6, 6.07) is 0. The summed E-state index contributed by atoms with van der Waals surface area (Å²) in [5.41, 5.74) is 1.49. The molecule has 0 bridgehead atoms. The smallest absolute Gasteiger partial charge is 0.330 e. The van der Waals surface area contributed by atoms with Crippen LogP contribution in [0.2, 0.25) is 0 Å². The van der Waals surface area contributed by atoms with Crippen LogP contribution < -0.4 is 0 Å². The van der Waals surface area contributed by atoms with Gasteiger partial charge in [0.05, 0.1) is 74.8 Å². The number of carbonyl (C=O) groups is 4. The maximum atomic E-state index is 12.6. The van der Waals surface area contributed by atoms with Crippen LogP contribution in [-0.4, -0.2) is 141 Å². The predicted molar refractivity (Wildman–Crippen MR) is 257 cm³/mol. The first kappa shape index (κ1) is 58.6. The van der Waals surface area contributed by atoms with E-state index in [4.69, 9.17) is 33.5 Å². The Kier molecular flexibility index (Phi) is 25.6. The van der Waals surface area contributed by atoms with Gasteiger partial charge in [0.1, 0.15) is 12.2 Å². The Hall–Kier alpha value is -2.96. The van der Waals surface area contributed by atoms with Crippen molar-refractivity contribution in [2.75, 3.05) is 19.8 Å². The number of hydrogen-bond acceptors (Lipinski definition) is 15. The van der Waals surface area contributed by atoms with E-state index in [2.05, 4.69) is 0 Å². The highest BCUT2D eigenvalue weighted by molar-refractivity contribution is 5.83.